The quantitative estimate of drug-likeness (QED) is 0.803. The highest BCUT2D eigenvalue weighted by Crippen LogP contribution is 2.22. The van der Waals surface area contributed by atoms with Crippen LogP contribution in [-0.2, 0) is 18.4 Å². The lowest BCUT2D eigenvalue weighted by molar-refractivity contribution is -0.123. The molecule has 0 saturated carbocycles. The summed E-state index contributed by atoms with van der Waals surface area (Å²) in [5.41, 5.74) is 1.21. The van der Waals surface area contributed by atoms with Gasteiger partial charge in [0, 0.05) is 26.7 Å². The molecule has 128 valence electrons. The number of nitrogens with one attached hydrogen (secondary N) is 2. The van der Waals surface area contributed by atoms with Crippen molar-refractivity contribution in [3.8, 4) is 0 Å². The van der Waals surface area contributed by atoms with Crippen LogP contribution in [0.2, 0.25) is 0 Å². The molecular formula is C16H26BrN5O. The first-order chi connectivity index (χ1) is 11.1. The monoisotopic (exact) mass is 383 g/mol. The largest absolute Gasteiger partial charge is 0.354 e. The van der Waals surface area contributed by atoms with E-state index in [1.807, 2.05) is 17.9 Å². The first-order valence-corrected chi connectivity index (χ1v) is 9.32. The molecule has 0 aromatic carbocycles. The Morgan fingerprint density at radius 3 is 3.04 bits per heavy atom. The van der Waals surface area contributed by atoms with E-state index in [1.165, 1.54) is 18.5 Å². The summed E-state index contributed by atoms with van der Waals surface area (Å²) in [7, 11) is 1.98. The van der Waals surface area contributed by atoms with Crippen molar-refractivity contribution in [3.63, 3.8) is 0 Å². The average molecular weight is 384 g/mol. The standard InChI is InChI=1S/C16H26BrN5O/c1-21-15(13(17)9-20-21)11-22-7-3-4-12(10-22)8-19-16(23)14-5-2-6-18-14/h9,12,14,18H,2-8,10-11H2,1H3,(H,19,23). The normalized spacial score (nSPS) is 25.7. The fourth-order valence-electron chi connectivity index (χ4n) is 3.56. The molecule has 23 heavy (non-hydrogen) atoms. The molecule has 2 fully saturated rings. The first-order valence-electron chi connectivity index (χ1n) is 8.53. The molecule has 2 N–H and O–H groups in total. The van der Waals surface area contributed by atoms with Gasteiger partial charge in [-0.2, -0.15) is 5.10 Å². The number of amides is 1. The number of hydrogen-bond donors (Lipinski definition) is 2. The molecule has 1 amide bonds. The Morgan fingerprint density at radius 2 is 2.35 bits per heavy atom. The van der Waals surface area contributed by atoms with Crippen molar-refractivity contribution in [2.24, 2.45) is 13.0 Å². The van der Waals surface area contributed by atoms with Gasteiger partial charge in [0.25, 0.3) is 0 Å². The van der Waals surface area contributed by atoms with Gasteiger partial charge < -0.3 is 10.6 Å². The Hall–Kier alpha value is -0.920. The van der Waals surface area contributed by atoms with Gasteiger partial charge in [-0.1, -0.05) is 0 Å². The van der Waals surface area contributed by atoms with Crippen molar-refractivity contribution in [2.75, 3.05) is 26.2 Å². The van der Waals surface area contributed by atoms with Crippen LogP contribution in [0.1, 0.15) is 31.4 Å². The van der Waals surface area contributed by atoms with Crippen molar-refractivity contribution in [1.29, 1.82) is 0 Å². The van der Waals surface area contributed by atoms with Crippen LogP contribution in [0.5, 0.6) is 0 Å². The minimum absolute atomic E-state index is 0.0279. The third-order valence-electron chi connectivity index (χ3n) is 4.93. The molecule has 1 aromatic heterocycles. The van der Waals surface area contributed by atoms with E-state index in [0.29, 0.717) is 5.92 Å². The zero-order valence-electron chi connectivity index (χ0n) is 13.7. The molecule has 0 bridgehead atoms. The summed E-state index contributed by atoms with van der Waals surface area (Å²) in [5.74, 6) is 0.718. The Bertz CT molecular complexity index is 521. The van der Waals surface area contributed by atoms with E-state index >= 15 is 0 Å². The van der Waals surface area contributed by atoms with Gasteiger partial charge in [0.15, 0.2) is 0 Å². The molecule has 0 spiro atoms. The number of likely N-dealkylation sites (tertiary alicyclic amines) is 1. The SMILES string of the molecule is Cn1ncc(Br)c1CN1CCCC(CNC(=O)C2CCCN2)C1. The molecule has 2 atom stereocenters. The van der Waals surface area contributed by atoms with Crippen LogP contribution in [0.4, 0.5) is 0 Å². The van der Waals surface area contributed by atoms with E-state index in [2.05, 4.69) is 36.6 Å². The van der Waals surface area contributed by atoms with E-state index in [1.54, 1.807) is 0 Å². The number of hydrogen-bond acceptors (Lipinski definition) is 4. The van der Waals surface area contributed by atoms with Crippen LogP contribution in [0.25, 0.3) is 0 Å². The van der Waals surface area contributed by atoms with Gasteiger partial charge in [-0.3, -0.25) is 14.4 Å². The molecule has 2 unspecified atom stereocenters. The summed E-state index contributed by atoms with van der Waals surface area (Å²) in [6, 6.07) is 0.0279. The molecular weight excluding hydrogens is 358 g/mol. The third-order valence-corrected chi connectivity index (χ3v) is 5.59. The molecule has 7 heteroatoms. The molecule has 2 aliphatic rings. The summed E-state index contributed by atoms with van der Waals surface area (Å²) < 4.78 is 3.00. The Morgan fingerprint density at radius 1 is 1.48 bits per heavy atom. The lowest BCUT2D eigenvalue weighted by Gasteiger charge is -2.33. The third kappa shape index (κ3) is 4.33. The fourth-order valence-corrected chi connectivity index (χ4v) is 4.04. The fraction of sp³-hybridized carbons (Fsp3) is 0.750. The number of piperidine rings is 1. The second-order valence-electron chi connectivity index (χ2n) is 6.70. The van der Waals surface area contributed by atoms with Crippen LogP contribution in [0.3, 0.4) is 0 Å². The number of aryl methyl sites for hydroxylation is 1. The molecule has 3 heterocycles. The van der Waals surface area contributed by atoms with Crippen LogP contribution in [0.15, 0.2) is 10.7 Å². The summed E-state index contributed by atoms with van der Waals surface area (Å²) in [6.45, 7) is 4.82. The maximum Gasteiger partial charge on any atom is 0.237 e. The molecule has 6 nitrogen and oxygen atoms in total. The van der Waals surface area contributed by atoms with Crippen LogP contribution >= 0.6 is 15.9 Å². The minimum atomic E-state index is 0.0279. The first kappa shape index (κ1) is 16.9. The van der Waals surface area contributed by atoms with Gasteiger partial charge in [-0.25, -0.2) is 0 Å². The maximum atomic E-state index is 12.1. The molecule has 1 aromatic rings. The van der Waals surface area contributed by atoms with E-state index in [0.717, 1.165) is 50.0 Å². The molecule has 0 radical (unpaired) electrons. The van der Waals surface area contributed by atoms with Gasteiger partial charge in [0.05, 0.1) is 22.4 Å². The lowest BCUT2D eigenvalue weighted by atomic mass is 9.97. The summed E-state index contributed by atoms with van der Waals surface area (Å²) in [4.78, 5) is 14.6. The number of carbonyl (C=O) groups excluding carboxylic acids is 1. The predicted molar refractivity (Wildman–Crippen MR) is 92.9 cm³/mol. The van der Waals surface area contributed by atoms with E-state index in [4.69, 9.17) is 0 Å². The maximum absolute atomic E-state index is 12.1. The average Bonchev–Trinajstić information content (AvgIpc) is 3.19. The highest BCUT2D eigenvalue weighted by atomic mass is 79.9. The predicted octanol–water partition coefficient (Wildman–Crippen LogP) is 1.26. The molecule has 2 aliphatic heterocycles. The van der Waals surface area contributed by atoms with Crippen molar-refractivity contribution < 1.29 is 4.79 Å². The molecule has 2 saturated heterocycles. The second kappa shape index (κ2) is 7.77. The van der Waals surface area contributed by atoms with Crippen LogP contribution in [-0.4, -0.2) is 52.8 Å². The summed E-state index contributed by atoms with van der Waals surface area (Å²) in [6.07, 6.45) is 6.32. The molecule has 3 rings (SSSR count). The number of halogens is 1. The summed E-state index contributed by atoms with van der Waals surface area (Å²) >= 11 is 3.57. The number of carbonyl (C=O) groups is 1. The highest BCUT2D eigenvalue weighted by molar-refractivity contribution is 9.10. The Labute approximate surface area is 146 Å². The van der Waals surface area contributed by atoms with E-state index in [-0.39, 0.29) is 11.9 Å². The number of nitrogens with zero attached hydrogens (tertiary/aromatic N) is 3. The zero-order chi connectivity index (χ0) is 16.2. The van der Waals surface area contributed by atoms with Crippen molar-refractivity contribution >= 4 is 21.8 Å². The summed E-state index contributed by atoms with van der Waals surface area (Å²) in [5, 5.41) is 10.7. The minimum Gasteiger partial charge on any atom is -0.354 e. The van der Waals surface area contributed by atoms with Crippen LogP contribution < -0.4 is 10.6 Å². The van der Waals surface area contributed by atoms with Crippen molar-refractivity contribution in [3.05, 3.63) is 16.4 Å². The highest BCUT2D eigenvalue weighted by Gasteiger charge is 2.25. The van der Waals surface area contributed by atoms with Gasteiger partial charge in [-0.05, 0) is 60.6 Å². The van der Waals surface area contributed by atoms with Crippen molar-refractivity contribution in [1.82, 2.24) is 25.3 Å². The van der Waals surface area contributed by atoms with E-state index in [9.17, 15) is 4.79 Å². The van der Waals surface area contributed by atoms with Gasteiger partial charge in [-0.15, -0.1) is 0 Å². The Kier molecular flexibility index (Phi) is 5.71. The van der Waals surface area contributed by atoms with Crippen LogP contribution in [0, 0.1) is 5.92 Å². The topological polar surface area (TPSA) is 62.2 Å². The lowest BCUT2D eigenvalue weighted by Crippen LogP contribution is -2.45. The van der Waals surface area contributed by atoms with Gasteiger partial charge in [0.1, 0.15) is 0 Å². The smallest absolute Gasteiger partial charge is 0.237 e. The Balaban J connectivity index is 1.47. The van der Waals surface area contributed by atoms with Crippen molar-refractivity contribution in [2.45, 2.75) is 38.3 Å². The number of rotatable bonds is 5. The zero-order valence-corrected chi connectivity index (χ0v) is 15.3. The number of aromatic nitrogens is 2. The molecule has 0 aliphatic carbocycles. The second-order valence-corrected chi connectivity index (χ2v) is 7.55. The van der Waals surface area contributed by atoms with Gasteiger partial charge in [0.2, 0.25) is 5.91 Å². The van der Waals surface area contributed by atoms with Gasteiger partial charge >= 0.3 is 0 Å². The van der Waals surface area contributed by atoms with E-state index < -0.39 is 0 Å².